The van der Waals surface area contributed by atoms with E-state index in [1.807, 2.05) is 0 Å². The number of azide groups is 1. The molecule has 1 aromatic rings. The number of hydrogen-bond acceptors (Lipinski definition) is 5. The molecule has 0 saturated heterocycles. The van der Waals surface area contributed by atoms with Gasteiger partial charge in [-0.25, -0.2) is 0 Å². The van der Waals surface area contributed by atoms with Crippen LogP contribution in [0.3, 0.4) is 0 Å². The lowest BCUT2D eigenvalue weighted by Crippen LogP contribution is -2.06. The molecule has 0 aromatic heterocycles. The van der Waals surface area contributed by atoms with Crippen LogP contribution in [0.4, 0.5) is 3.89 Å². The van der Waals surface area contributed by atoms with Crippen LogP contribution in [-0.2, 0) is 23.6 Å². The van der Waals surface area contributed by atoms with E-state index in [0.717, 1.165) is 5.56 Å². The molecule has 1 aromatic carbocycles. The predicted octanol–water partition coefficient (Wildman–Crippen LogP) is 1.86. The summed E-state index contributed by atoms with van der Waals surface area (Å²) in [5.41, 5.74) is 15.6. The van der Waals surface area contributed by atoms with E-state index in [2.05, 4.69) is 14.2 Å². The fraction of sp³-hybridized carbons (Fsp3) is 0.333. The largest absolute Gasteiger partial charge is 0.488 e. The molecule has 0 aliphatic rings. The first-order valence-corrected chi connectivity index (χ1v) is 6.15. The highest BCUT2D eigenvalue weighted by Crippen LogP contribution is 2.24. The average molecular weight is 274 g/mol. The molecular weight excluding hydrogens is 263 g/mol. The summed E-state index contributed by atoms with van der Waals surface area (Å²) in [5, 5.41) is 3.36. The number of nitrogens with zero attached hydrogens (tertiary/aromatic N) is 3. The fourth-order valence-electron chi connectivity index (χ4n) is 1.45. The number of hydrogen-bond donors (Lipinski definition) is 1. The molecule has 0 heterocycles. The smallest absolute Gasteiger partial charge is 0.358 e. The van der Waals surface area contributed by atoms with E-state index in [9.17, 15) is 12.3 Å². The maximum Gasteiger partial charge on any atom is 0.488 e. The minimum atomic E-state index is -5.10. The molecule has 0 aliphatic heterocycles. The highest BCUT2D eigenvalue weighted by Gasteiger charge is 2.13. The summed E-state index contributed by atoms with van der Waals surface area (Å²) >= 11 is 0. The molecule has 7 nitrogen and oxygen atoms in total. The van der Waals surface area contributed by atoms with Gasteiger partial charge in [-0.2, -0.15) is 8.42 Å². The predicted molar refractivity (Wildman–Crippen MR) is 62.6 cm³/mol. The van der Waals surface area contributed by atoms with Gasteiger partial charge in [-0.1, -0.05) is 9.00 Å². The number of rotatable bonds is 5. The van der Waals surface area contributed by atoms with Crippen LogP contribution in [0, 0.1) is 6.92 Å². The summed E-state index contributed by atoms with van der Waals surface area (Å²) in [6.07, 6.45) is 0. The lowest BCUT2D eigenvalue weighted by Gasteiger charge is -2.11. The van der Waals surface area contributed by atoms with Gasteiger partial charge in [-0.05, 0) is 41.3 Å². The summed E-state index contributed by atoms with van der Waals surface area (Å²) in [6, 6.07) is 2.62. The van der Waals surface area contributed by atoms with Crippen molar-refractivity contribution in [1.82, 2.24) is 0 Å². The molecule has 18 heavy (non-hydrogen) atoms. The van der Waals surface area contributed by atoms with Gasteiger partial charge in [0.15, 0.2) is 0 Å². The molecule has 0 aliphatic carbocycles. The molecule has 0 amide bonds. The minimum absolute atomic E-state index is 0.00112. The van der Waals surface area contributed by atoms with Crippen molar-refractivity contribution in [2.24, 2.45) is 10.8 Å². The topological polar surface area (TPSA) is 118 Å². The Morgan fingerprint density at radius 2 is 2.11 bits per heavy atom. The van der Waals surface area contributed by atoms with Crippen molar-refractivity contribution in [3.63, 3.8) is 0 Å². The zero-order valence-electron chi connectivity index (χ0n) is 9.50. The van der Waals surface area contributed by atoms with Gasteiger partial charge in [0.05, 0.1) is 6.54 Å². The van der Waals surface area contributed by atoms with Crippen LogP contribution in [0.5, 0.6) is 5.75 Å². The molecule has 0 saturated carbocycles. The van der Waals surface area contributed by atoms with Gasteiger partial charge >= 0.3 is 10.5 Å². The molecule has 2 N–H and O–H groups in total. The second kappa shape index (κ2) is 5.67. The molecule has 0 unspecified atom stereocenters. The third kappa shape index (κ3) is 3.88. The Kier molecular flexibility index (Phi) is 4.49. The molecule has 0 radical (unpaired) electrons. The summed E-state index contributed by atoms with van der Waals surface area (Å²) < 4.78 is 37.4. The van der Waals surface area contributed by atoms with Gasteiger partial charge in [0.2, 0.25) is 0 Å². The van der Waals surface area contributed by atoms with Crippen molar-refractivity contribution in [3.8, 4) is 5.75 Å². The van der Waals surface area contributed by atoms with Gasteiger partial charge in [0, 0.05) is 11.5 Å². The maximum atomic E-state index is 12.4. The first-order chi connectivity index (χ1) is 8.37. The highest BCUT2D eigenvalue weighted by molar-refractivity contribution is 7.81. The lowest BCUT2D eigenvalue weighted by molar-refractivity contribution is 0.439. The van der Waals surface area contributed by atoms with Gasteiger partial charge in [0.1, 0.15) is 5.75 Å². The van der Waals surface area contributed by atoms with E-state index in [0.29, 0.717) is 11.1 Å². The Balaban J connectivity index is 3.25. The van der Waals surface area contributed by atoms with Crippen LogP contribution in [0.15, 0.2) is 17.2 Å². The van der Waals surface area contributed by atoms with E-state index >= 15 is 0 Å². The quantitative estimate of drug-likeness (QED) is 0.381. The zero-order valence-corrected chi connectivity index (χ0v) is 10.3. The Hall–Kier alpha value is -1.83. The summed E-state index contributed by atoms with van der Waals surface area (Å²) in [5.74, 6) is -0.202. The minimum Gasteiger partial charge on any atom is -0.358 e. The maximum absolute atomic E-state index is 12.4. The molecule has 0 spiro atoms. The molecule has 1 rings (SSSR count). The third-order valence-electron chi connectivity index (χ3n) is 2.32. The molecule has 0 fully saturated rings. The van der Waals surface area contributed by atoms with E-state index in [1.165, 1.54) is 12.1 Å². The van der Waals surface area contributed by atoms with E-state index in [1.54, 1.807) is 6.92 Å². The lowest BCUT2D eigenvalue weighted by atomic mass is 10.0. The third-order valence-corrected chi connectivity index (χ3v) is 2.71. The molecular formula is C9H11FN4O3S. The van der Waals surface area contributed by atoms with Crippen molar-refractivity contribution >= 4 is 10.5 Å². The monoisotopic (exact) mass is 274 g/mol. The molecule has 9 heteroatoms. The van der Waals surface area contributed by atoms with Crippen molar-refractivity contribution in [3.05, 3.63) is 39.3 Å². The first kappa shape index (κ1) is 14.2. The first-order valence-electron chi connectivity index (χ1n) is 4.84. The SMILES string of the molecule is Cc1c(CN)cc(OS(=O)(=O)F)cc1CN=[N+]=[N-]. The normalized spacial score (nSPS) is 10.8. The summed E-state index contributed by atoms with van der Waals surface area (Å²) in [6.45, 7) is 1.86. The van der Waals surface area contributed by atoms with Crippen LogP contribution in [0.25, 0.3) is 10.4 Å². The van der Waals surface area contributed by atoms with Crippen LogP contribution in [0.2, 0.25) is 0 Å². The Bertz CT molecular complexity index is 596. The van der Waals surface area contributed by atoms with Crippen LogP contribution in [-0.4, -0.2) is 8.42 Å². The van der Waals surface area contributed by atoms with E-state index in [4.69, 9.17) is 11.3 Å². The Labute approximate surface area is 103 Å². The van der Waals surface area contributed by atoms with Crippen molar-refractivity contribution < 1.29 is 16.5 Å². The zero-order chi connectivity index (χ0) is 13.8. The molecule has 98 valence electrons. The van der Waals surface area contributed by atoms with Crippen LogP contribution < -0.4 is 9.92 Å². The second-order valence-corrected chi connectivity index (χ2v) is 4.39. The standard InChI is InChI=1S/C9H11FN4O3S/c1-6-7(4-11)2-9(17-18(10,15)16)3-8(6)5-13-14-12/h2-3H,4-5,11H2,1H3. The van der Waals surface area contributed by atoms with Crippen molar-refractivity contribution in [2.75, 3.05) is 0 Å². The van der Waals surface area contributed by atoms with E-state index in [-0.39, 0.29) is 18.8 Å². The van der Waals surface area contributed by atoms with Crippen LogP contribution in [0.1, 0.15) is 16.7 Å². The van der Waals surface area contributed by atoms with Crippen molar-refractivity contribution in [2.45, 2.75) is 20.0 Å². The number of nitrogens with two attached hydrogens (primary N) is 1. The van der Waals surface area contributed by atoms with Crippen LogP contribution >= 0.6 is 0 Å². The Morgan fingerprint density at radius 1 is 1.50 bits per heavy atom. The second-order valence-electron chi connectivity index (χ2n) is 3.44. The number of benzene rings is 1. The average Bonchev–Trinajstić information content (AvgIpc) is 2.27. The molecule has 0 atom stereocenters. The number of halogens is 1. The Morgan fingerprint density at radius 3 is 2.61 bits per heavy atom. The summed E-state index contributed by atoms with van der Waals surface area (Å²) in [4.78, 5) is 2.59. The summed E-state index contributed by atoms with van der Waals surface area (Å²) in [7, 11) is -5.10. The van der Waals surface area contributed by atoms with Crippen molar-refractivity contribution in [1.29, 1.82) is 0 Å². The van der Waals surface area contributed by atoms with Gasteiger partial charge < -0.3 is 9.92 Å². The fourth-order valence-corrected chi connectivity index (χ4v) is 1.78. The van der Waals surface area contributed by atoms with Gasteiger partial charge in [-0.3, -0.25) is 0 Å². The van der Waals surface area contributed by atoms with Gasteiger partial charge in [-0.15, -0.1) is 0 Å². The van der Waals surface area contributed by atoms with E-state index < -0.39 is 10.5 Å². The highest BCUT2D eigenvalue weighted by atomic mass is 32.3. The van der Waals surface area contributed by atoms with Gasteiger partial charge in [0.25, 0.3) is 0 Å². The molecule has 0 bridgehead atoms.